The highest BCUT2D eigenvalue weighted by molar-refractivity contribution is 5.92. The van der Waals surface area contributed by atoms with Gasteiger partial charge in [0, 0.05) is 18.2 Å². The van der Waals surface area contributed by atoms with Crippen molar-refractivity contribution in [2.75, 3.05) is 25.5 Å². The van der Waals surface area contributed by atoms with Crippen molar-refractivity contribution in [3.05, 3.63) is 65.7 Å². The van der Waals surface area contributed by atoms with Gasteiger partial charge in [0.25, 0.3) is 0 Å². The van der Waals surface area contributed by atoms with Crippen LogP contribution in [0.1, 0.15) is 18.1 Å². The van der Waals surface area contributed by atoms with Crippen LogP contribution >= 0.6 is 0 Å². The first kappa shape index (κ1) is 18.2. The van der Waals surface area contributed by atoms with Gasteiger partial charge in [-0.3, -0.25) is 4.79 Å². The van der Waals surface area contributed by atoms with Crippen molar-refractivity contribution >= 4 is 11.6 Å². The van der Waals surface area contributed by atoms with Gasteiger partial charge in [-0.05, 0) is 36.7 Å². The third kappa shape index (κ3) is 6.14. The first-order valence-corrected chi connectivity index (χ1v) is 8.35. The molecule has 0 aliphatic heterocycles. The van der Waals surface area contributed by atoms with E-state index in [0.717, 1.165) is 17.7 Å². The van der Waals surface area contributed by atoms with Crippen LogP contribution in [0.4, 0.5) is 5.69 Å². The van der Waals surface area contributed by atoms with Crippen molar-refractivity contribution in [2.24, 2.45) is 5.92 Å². The van der Waals surface area contributed by atoms with Crippen molar-refractivity contribution in [3.63, 3.8) is 0 Å². The van der Waals surface area contributed by atoms with Crippen LogP contribution in [0.3, 0.4) is 0 Å². The maximum absolute atomic E-state index is 12.0. The first-order valence-electron chi connectivity index (χ1n) is 8.35. The van der Waals surface area contributed by atoms with Crippen LogP contribution < -0.4 is 10.6 Å². The fourth-order valence-corrected chi connectivity index (χ4v) is 2.43. The Hall–Kier alpha value is -2.17. The van der Waals surface area contributed by atoms with Gasteiger partial charge in [-0.2, -0.15) is 0 Å². The Labute approximate surface area is 144 Å². The zero-order chi connectivity index (χ0) is 17.2. The van der Waals surface area contributed by atoms with E-state index in [1.807, 2.05) is 56.4 Å². The SMILES string of the molecule is CNCC(C)C(=O)Nc1cccc(COCCc2ccccc2)c1. The molecule has 0 aliphatic rings. The number of benzene rings is 2. The maximum atomic E-state index is 12.0. The van der Waals surface area contributed by atoms with Crippen molar-refractivity contribution in [3.8, 4) is 0 Å². The number of hydrogen-bond donors (Lipinski definition) is 2. The van der Waals surface area contributed by atoms with Gasteiger partial charge in [0.05, 0.1) is 13.2 Å². The molecule has 1 amide bonds. The van der Waals surface area contributed by atoms with E-state index >= 15 is 0 Å². The predicted molar refractivity (Wildman–Crippen MR) is 98.0 cm³/mol. The molecule has 0 saturated carbocycles. The van der Waals surface area contributed by atoms with Crippen molar-refractivity contribution in [1.29, 1.82) is 0 Å². The molecule has 1 atom stereocenters. The summed E-state index contributed by atoms with van der Waals surface area (Å²) >= 11 is 0. The molecule has 4 nitrogen and oxygen atoms in total. The molecular weight excluding hydrogens is 300 g/mol. The number of ether oxygens (including phenoxy) is 1. The zero-order valence-corrected chi connectivity index (χ0v) is 14.4. The smallest absolute Gasteiger partial charge is 0.228 e. The van der Waals surface area contributed by atoms with E-state index < -0.39 is 0 Å². The third-order valence-corrected chi connectivity index (χ3v) is 3.80. The van der Waals surface area contributed by atoms with Crippen LogP contribution in [0.25, 0.3) is 0 Å². The molecule has 0 spiro atoms. The second kappa shape index (κ2) is 9.85. The van der Waals surface area contributed by atoms with E-state index in [9.17, 15) is 4.79 Å². The van der Waals surface area contributed by atoms with Crippen LogP contribution in [0.2, 0.25) is 0 Å². The summed E-state index contributed by atoms with van der Waals surface area (Å²) in [4.78, 5) is 12.0. The lowest BCUT2D eigenvalue weighted by Crippen LogP contribution is -2.28. The highest BCUT2D eigenvalue weighted by Gasteiger charge is 2.11. The summed E-state index contributed by atoms with van der Waals surface area (Å²) in [5, 5.41) is 5.96. The van der Waals surface area contributed by atoms with E-state index in [1.54, 1.807) is 0 Å². The molecule has 2 rings (SSSR count). The quantitative estimate of drug-likeness (QED) is 0.696. The predicted octanol–water partition coefficient (Wildman–Crippen LogP) is 3.24. The number of carbonyl (C=O) groups excluding carboxylic acids is 1. The highest BCUT2D eigenvalue weighted by Crippen LogP contribution is 2.13. The average Bonchev–Trinajstić information content (AvgIpc) is 2.60. The number of amides is 1. The molecule has 2 N–H and O–H groups in total. The van der Waals surface area contributed by atoms with Crippen LogP contribution in [-0.4, -0.2) is 26.1 Å². The minimum atomic E-state index is -0.0687. The Morgan fingerprint density at radius 3 is 2.58 bits per heavy atom. The summed E-state index contributed by atoms with van der Waals surface area (Å²) in [7, 11) is 1.84. The Balaban J connectivity index is 1.79. The van der Waals surface area contributed by atoms with Crippen LogP contribution in [0, 0.1) is 5.92 Å². The van der Waals surface area contributed by atoms with E-state index in [4.69, 9.17) is 4.74 Å². The number of anilines is 1. The van der Waals surface area contributed by atoms with E-state index in [2.05, 4.69) is 22.8 Å². The Kier molecular flexibility index (Phi) is 7.46. The number of nitrogens with one attached hydrogen (secondary N) is 2. The third-order valence-electron chi connectivity index (χ3n) is 3.80. The molecule has 0 fully saturated rings. The van der Waals surface area contributed by atoms with Crippen LogP contribution in [-0.2, 0) is 22.6 Å². The number of carbonyl (C=O) groups is 1. The molecule has 2 aromatic carbocycles. The minimum Gasteiger partial charge on any atom is -0.376 e. The highest BCUT2D eigenvalue weighted by atomic mass is 16.5. The molecule has 0 radical (unpaired) electrons. The van der Waals surface area contributed by atoms with Crippen molar-refractivity contribution in [2.45, 2.75) is 20.0 Å². The summed E-state index contributed by atoms with van der Waals surface area (Å²) in [6.45, 7) is 3.79. The molecule has 2 aromatic rings. The average molecular weight is 326 g/mol. The standard InChI is InChI=1S/C20H26N2O2/c1-16(14-21-2)20(23)22-19-10-6-9-18(13-19)15-24-12-11-17-7-4-3-5-8-17/h3-10,13,16,21H,11-12,14-15H2,1-2H3,(H,22,23). The van der Waals surface area contributed by atoms with Gasteiger partial charge in [-0.25, -0.2) is 0 Å². The van der Waals surface area contributed by atoms with Gasteiger partial charge in [0.1, 0.15) is 0 Å². The first-order chi connectivity index (χ1) is 11.7. The van der Waals surface area contributed by atoms with Gasteiger partial charge >= 0.3 is 0 Å². The monoisotopic (exact) mass is 326 g/mol. The second-order valence-corrected chi connectivity index (χ2v) is 5.94. The lowest BCUT2D eigenvalue weighted by Gasteiger charge is -2.12. The molecule has 4 heteroatoms. The normalized spacial score (nSPS) is 11.9. The Morgan fingerprint density at radius 2 is 1.83 bits per heavy atom. The van der Waals surface area contributed by atoms with Crippen LogP contribution in [0.5, 0.6) is 0 Å². The molecule has 1 unspecified atom stereocenters. The fourth-order valence-electron chi connectivity index (χ4n) is 2.43. The molecule has 0 aliphatic carbocycles. The summed E-state index contributed by atoms with van der Waals surface area (Å²) in [5.74, 6) is -0.0488. The van der Waals surface area contributed by atoms with Gasteiger partial charge in [-0.1, -0.05) is 49.4 Å². The van der Waals surface area contributed by atoms with Gasteiger partial charge < -0.3 is 15.4 Å². The largest absolute Gasteiger partial charge is 0.376 e. The Morgan fingerprint density at radius 1 is 1.08 bits per heavy atom. The van der Waals surface area contributed by atoms with Crippen molar-refractivity contribution in [1.82, 2.24) is 5.32 Å². The fraction of sp³-hybridized carbons (Fsp3) is 0.350. The lowest BCUT2D eigenvalue weighted by molar-refractivity contribution is -0.119. The Bertz CT molecular complexity index is 629. The molecular formula is C20H26N2O2. The van der Waals surface area contributed by atoms with Gasteiger partial charge in [-0.15, -0.1) is 0 Å². The molecule has 0 aromatic heterocycles. The number of hydrogen-bond acceptors (Lipinski definition) is 3. The molecule has 0 saturated heterocycles. The lowest BCUT2D eigenvalue weighted by atomic mass is 10.1. The maximum Gasteiger partial charge on any atom is 0.228 e. The topological polar surface area (TPSA) is 50.4 Å². The summed E-state index contributed by atoms with van der Waals surface area (Å²) in [6, 6.07) is 18.1. The zero-order valence-electron chi connectivity index (χ0n) is 14.4. The molecule has 24 heavy (non-hydrogen) atoms. The van der Waals surface area contributed by atoms with Gasteiger partial charge in [0.15, 0.2) is 0 Å². The number of rotatable bonds is 9. The summed E-state index contributed by atoms with van der Waals surface area (Å²) in [5.41, 5.74) is 3.14. The van der Waals surface area contributed by atoms with E-state index in [0.29, 0.717) is 19.8 Å². The van der Waals surface area contributed by atoms with Gasteiger partial charge in [0.2, 0.25) is 5.91 Å². The summed E-state index contributed by atoms with van der Waals surface area (Å²) in [6.07, 6.45) is 0.902. The van der Waals surface area contributed by atoms with E-state index in [-0.39, 0.29) is 11.8 Å². The summed E-state index contributed by atoms with van der Waals surface area (Å²) < 4.78 is 5.75. The molecule has 0 bridgehead atoms. The minimum absolute atomic E-state index is 0.0199. The van der Waals surface area contributed by atoms with Crippen molar-refractivity contribution < 1.29 is 9.53 Å². The molecule has 128 valence electrons. The second-order valence-electron chi connectivity index (χ2n) is 5.94. The molecule has 0 heterocycles. The van der Waals surface area contributed by atoms with Crippen LogP contribution in [0.15, 0.2) is 54.6 Å². The van der Waals surface area contributed by atoms with E-state index in [1.165, 1.54) is 5.56 Å².